The number of nitrogens with zero attached hydrogens (tertiary/aromatic N) is 2. The molecule has 0 atom stereocenters. The Bertz CT molecular complexity index is 810. The summed E-state index contributed by atoms with van der Waals surface area (Å²) in [6.07, 6.45) is 1.60. The number of hydrogen-bond donors (Lipinski definition) is 2. The largest absolute Gasteiger partial charge is 0.436 e. The fourth-order valence-electron chi connectivity index (χ4n) is 1.84. The van der Waals surface area contributed by atoms with Crippen LogP contribution in [0.25, 0.3) is 10.9 Å². The lowest BCUT2D eigenvalue weighted by molar-refractivity contribution is 0.463. The lowest BCUT2D eigenvalue weighted by Crippen LogP contribution is -2.09. The van der Waals surface area contributed by atoms with Gasteiger partial charge in [0.05, 0.1) is 16.7 Å². The first-order valence-electron chi connectivity index (χ1n) is 6.02. The van der Waals surface area contributed by atoms with Gasteiger partial charge in [-0.2, -0.15) is 4.98 Å². The van der Waals surface area contributed by atoms with E-state index < -0.39 is 0 Å². The molecule has 2 heterocycles. The SMILES string of the molecule is NNc1nc(Oc2cnc3ccccc3c2)c(Cl)cc1Cl. The smallest absolute Gasteiger partial charge is 0.240 e. The van der Waals surface area contributed by atoms with Gasteiger partial charge in [0.2, 0.25) is 5.88 Å². The number of hydrogen-bond acceptors (Lipinski definition) is 5. The molecule has 0 aliphatic heterocycles. The van der Waals surface area contributed by atoms with Crippen LogP contribution in [0.15, 0.2) is 42.6 Å². The molecule has 0 aliphatic rings. The Morgan fingerprint density at radius 1 is 1.10 bits per heavy atom. The van der Waals surface area contributed by atoms with Gasteiger partial charge in [-0.15, -0.1) is 0 Å². The molecule has 0 saturated heterocycles. The zero-order chi connectivity index (χ0) is 14.8. The molecule has 0 radical (unpaired) electrons. The van der Waals surface area contributed by atoms with Gasteiger partial charge in [-0.05, 0) is 18.2 Å². The fraction of sp³-hybridized carbons (Fsp3) is 0. The molecule has 0 spiro atoms. The molecular formula is C14H10Cl2N4O. The summed E-state index contributed by atoms with van der Waals surface area (Å²) in [5.41, 5.74) is 3.26. The zero-order valence-electron chi connectivity index (χ0n) is 10.7. The van der Waals surface area contributed by atoms with Crippen molar-refractivity contribution in [1.29, 1.82) is 0 Å². The first-order chi connectivity index (χ1) is 10.2. The summed E-state index contributed by atoms with van der Waals surface area (Å²) >= 11 is 12.0. The van der Waals surface area contributed by atoms with Gasteiger partial charge in [-0.25, -0.2) is 5.84 Å². The maximum atomic E-state index is 6.07. The van der Waals surface area contributed by atoms with Crippen LogP contribution in [0.4, 0.5) is 5.82 Å². The summed E-state index contributed by atoms with van der Waals surface area (Å²) in [6.45, 7) is 0. The number of halogens is 2. The van der Waals surface area contributed by atoms with Gasteiger partial charge in [-0.3, -0.25) is 4.98 Å². The van der Waals surface area contributed by atoms with Gasteiger partial charge in [0, 0.05) is 5.39 Å². The minimum Gasteiger partial charge on any atom is -0.436 e. The molecule has 0 fully saturated rings. The van der Waals surface area contributed by atoms with Crippen LogP contribution in [0.2, 0.25) is 10.0 Å². The third-order valence-electron chi connectivity index (χ3n) is 2.81. The summed E-state index contributed by atoms with van der Waals surface area (Å²) in [5.74, 6) is 6.33. The first kappa shape index (κ1) is 13.9. The topological polar surface area (TPSA) is 73.1 Å². The number of nitrogens with one attached hydrogen (secondary N) is 1. The van der Waals surface area contributed by atoms with E-state index in [1.165, 1.54) is 6.07 Å². The van der Waals surface area contributed by atoms with Crippen LogP contribution in [0, 0.1) is 0 Å². The summed E-state index contributed by atoms with van der Waals surface area (Å²) in [4.78, 5) is 8.42. The Labute approximate surface area is 130 Å². The minimum absolute atomic E-state index is 0.200. The molecule has 2 aromatic heterocycles. The molecule has 0 amide bonds. The zero-order valence-corrected chi connectivity index (χ0v) is 12.2. The van der Waals surface area contributed by atoms with Crippen LogP contribution in [0.3, 0.4) is 0 Å². The number of nitrogen functional groups attached to an aromatic ring is 1. The predicted octanol–water partition coefficient (Wildman–Crippen LogP) is 4.01. The number of nitrogens with two attached hydrogens (primary N) is 1. The van der Waals surface area contributed by atoms with E-state index in [4.69, 9.17) is 33.8 Å². The van der Waals surface area contributed by atoms with Crippen LogP contribution in [0.1, 0.15) is 0 Å². The van der Waals surface area contributed by atoms with Crippen LogP contribution < -0.4 is 16.0 Å². The van der Waals surface area contributed by atoms with Crippen molar-refractivity contribution in [2.45, 2.75) is 0 Å². The second kappa shape index (κ2) is 5.73. The van der Waals surface area contributed by atoms with E-state index in [0.717, 1.165) is 10.9 Å². The highest BCUT2D eigenvalue weighted by molar-refractivity contribution is 6.36. The Morgan fingerprint density at radius 2 is 1.90 bits per heavy atom. The van der Waals surface area contributed by atoms with E-state index in [1.807, 2.05) is 30.3 Å². The Kier molecular flexibility index (Phi) is 3.79. The molecule has 5 nitrogen and oxygen atoms in total. The molecule has 1 aromatic carbocycles. The highest BCUT2D eigenvalue weighted by Gasteiger charge is 2.11. The van der Waals surface area contributed by atoms with E-state index in [-0.39, 0.29) is 16.7 Å². The molecule has 0 bridgehead atoms. The van der Waals surface area contributed by atoms with Crippen LogP contribution in [0.5, 0.6) is 11.6 Å². The number of anilines is 1. The predicted molar refractivity (Wildman–Crippen MR) is 83.9 cm³/mol. The van der Waals surface area contributed by atoms with E-state index in [9.17, 15) is 0 Å². The van der Waals surface area contributed by atoms with Crippen molar-refractivity contribution in [3.05, 3.63) is 52.6 Å². The van der Waals surface area contributed by atoms with Crippen molar-refractivity contribution in [2.75, 3.05) is 5.43 Å². The van der Waals surface area contributed by atoms with Crippen LogP contribution >= 0.6 is 23.2 Å². The van der Waals surface area contributed by atoms with Crippen molar-refractivity contribution in [3.63, 3.8) is 0 Å². The highest BCUT2D eigenvalue weighted by atomic mass is 35.5. The average molecular weight is 321 g/mol. The second-order valence-electron chi connectivity index (χ2n) is 4.22. The van der Waals surface area contributed by atoms with Crippen molar-refractivity contribution in [1.82, 2.24) is 9.97 Å². The van der Waals surface area contributed by atoms with E-state index in [0.29, 0.717) is 10.8 Å². The number of para-hydroxylation sites is 1. The van der Waals surface area contributed by atoms with Gasteiger partial charge in [0.1, 0.15) is 10.8 Å². The lowest BCUT2D eigenvalue weighted by atomic mass is 10.2. The molecule has 7 heteroatoms. The molecule has 3 rings (SSSR count). The third-order valence-corrected chi connectivity index (χ3v) is 3.37. The van der Waals surface area contributed by atoms with E-state index >= 15 is 0 Å². The summed E-state index contributed by atoms with van der Waals surface area (Å²) in [6, 6.07) is 11.1. The highest BCUT2D eigenvalue weighted by Crippen LogP contribution is 2.33. The summed E-state index contributed by atoms with van der Waals surface area (Å²) < 4.78 is 5.65. The molecular weight excluding hydrogens is 311 g/mol. The van der Waals surface area contributed by atoms with E-state index in [2.05, 4.69) is 15.4 Å². The number of hydrazine groups is 1. The lowest BCUT2D eigenvalue weighted by Gasteiger charge is -2.10. The minimum atomic E-state index is 0.200. The van der Waals surface area contributed by atoms with Gasteiger partial charge in [0.15, 0.2) is 5.82 Å². The van der Waals surface area contributed by atoms with Gasteiger partial charge in [-0.1, -0.05) is 41.4 Å². The first-order valence-corrected chi connectivity index (χ1v) is 6.78. The van der Waals surface area contributed by atoms with E-state index in [1.54, 1.807) is 6.20 Å². The number of ether oxygens (including phenoxy) is 1. The maximum absolute atomic E-state index is 6.07. The number of rotatable bonds is 3. The van der Waals surface area contributed by atoms with Gasteiger partial charge in [0.25, 0.3) is 0 Å². The average Bonchev–Trinajstić information content (AvgIpc) is 2.50. The second-order valence-corrected chi connectivity index (χ2v) is 5.03. The summed E-state index contributed by atoms with van der Waals surface area (Å²) in [7, 11) is 0. The molecule has 21 heavy (non-hydrogen) atoms. The fourth-order valence-corrected chi connectivity index (χ4v) is 2.29. The van der Waals surface area contributed by atoms with Crippen molar-refractivity contribution >= 4 is 39.9 Å². The standard InChI is InChI=1S/C14H10Cl2N4O/c15-10-6-11(16)14(19-13(10)20-17)21-9-5-8-3-1-2-4-12(8)18-7-9/h1-7H,17H2,(H,19,20). The molecule has 0 saturated carbocycles. The van der Waals surface area contributed by atoms with Crippen LogP contribution in [-0.2, 0) is 0 Å². The van der Waals surface area contributed by atoms with Crippen molar-refractivity contribution < 1.29 is 4.74 Å². The quantitative estimate of drug-likeness (QED) is 0.563. The number of benzene rings is 1. The number of aromatic nitrogens is 2. The molecule has 3 N–H and O–H groups in total. The van der Waals surface area contributed by atoms with Gasteiger partial charge < -0.3 is 10.2 Å². The number of fused-ring (bicyclic) bond motifs is 1. The van der Waals surface area contributed by atoms with Crippen molar-refractivity contribution in [2.24, 2.45) is 5.84 Å². The Balaban J connectivity index is 1.98. The molecule has 0 unspecified atom stereocenters. The number of pyridine rings is 2. The maximum Gasteiger partial charge on any atom is 0.240 e. The Morgan fingerprint density at radius 3 is 2.71 bits per heavy atom. The van der Waals surface area contributed by atoms with Crippen LogP contribution in [-0.4, -0.2) is 9.97 Å². The normalized spacial score (nSPS) is 10.6. The summed E-state index contributed by atoms with van der Waals surface area (Å²) in [5, 5.41) is 1.55. The van der Waals surface area contributed by atoms with Gasteiger partial charge >= 0.3 is 0 Å². The monoisotopic (exact) mass is 320 g/mol. The molecule has 106 valence electrons. The Hall–Kier alpha value is -2.08. The third kappa shape index (κ3) is 2.85. The molecule has 0 aliphatic carbocycles. The van der Waals surface area contributed by atoms with Crippen molar-refractivity contribution in [3.8, 4) is 11.6 Å². The molecule has 3 aromatic rings.